The number of hydrogen-bond acceptors (Lipinski definition) is 2. The molecule has 1 unspecified atom stereocenters. The highest BCUT2D eigenvalue weighted by molar-refractivity contribution is 9.09. The molecule has 1 rings (SSSR count). The summed E-state index contributed by atoms with van der Waals surface area (Å²) in [7, 11) is 0. The Labute approximate surface area is 117 Å². The molecular formula is C14H20BrNO2. The minimum absolute atomic E-state index is 0.0580. The topological polar surface area (TPSA) is 38.3 Å². The minimum Gasteiger partial charge on any atom is -0.491 e. The molecule has 18 heavy (non-hydrogen) atoms. The van der Waals surface area contributed by atoms with Gasteiger partial charge in [-0.1, -0.05) is 28.9 Å². The van der Waals surface area contributed by atoms with E-state index in [1.165, 1.54) is 0 Å². The summed E-state index contributed by atoms with van der Waals surface area (Å²) < 4.78 is 5.56. The molecule has 1 N–H and O–H groups in total. The van der Waals surface area contributed by atoms with Crippen molar-refractivity contribution >= 4 is 21.8 Å². The van der Waals surface area contributed by atoms with Crippen LogP contribution in [0.1, 0.15) is 37.6 Å². The van der Waals surface area contributed by atoms with Gasteiger partial charge in [-0.05, 0) is 38.5 Å². The van der Waals surface area contributed by atoms with E-state index in [1.807, 2.05) is 26.0 Å². The third-order valence-electron chi connectivity index (χ3n) is 2.30. The molecule has 100 valence electrons. The van der Waals surface area contributed by atoms with Gasteiger partial charge in [0, 0.05) is 16.9 Å². The molecule has 0 aliphatic carbocycles. The Balaban J connectivity index is 2.57. The molecule has 1 atom stereocenters. The van der Waals surface area contributed by atoms with E-state index in [0.717, 1.165) is 12.2 Å². The highest BCUT2D eigenvalue weighted by atomic mass is 79.9. The first-order valence-corrected chi connectivity index (χ1v) is 7.09. The fourth-order valence-corrected chi connectivity index (χ4v) is 1.70. The summed E-state index contributed by atoms with van der Waals surface area (Å²) in [6.07, 6.45) is 1.02. The van der Waals surface area contributed by atoms with E-state index in [4.69, 9.17) is 4.74 Å². The molecule has 1 aromatic carbocycles. The number of carbonyl (C=O) groups is 1. The molecule has 0 heterocycles. The van der Waals surface area contributed by atoms with Crippen LogP contribution < -0.4 is 10.1 Å². The van der Waals surface area contributed by atoms with Crippen molar-refractivity contribution in [1.29, 1.82) is 0 Å². The number of carbonyl (C=O) groups excluding carboxylic acids is 1. The van der Waals surface area contributed by atoms with Crippen molar-refractivity contribution in [3.8, 4) is 5.75 Å². The highest BCUT2D eigenvalue weighted by Crippen LogP contribution is 2.14. The summed E-state index contributed by atoms with van der Waals surface area (Å²) in [6.45, 7) is 6.65. The van der Waals surface area contributed by atoms with Gasteiger partial charge in [0.15, 0.2) is 0 Å². The van der Waals surface area contributed by atoms with Crippen LogP contribution in [0.3, 0.4) is 0 Å². The van der Waals surface area contributed by atoms with Crippen LogP contribution in [0.4, 0.5) is 0 Å². The third kappa shape index (κ3) is 5.54. The van der Waals surface area contributed by atoms with Crippen molar-refractivity contribution < 1.29 is 9.53 Å². The Kier molecular flexibility index (Phi) is 6.19. The lowest BCUT2D eigenvalue weighted by atomic mass is 10.2. The van der Waals surface area contributed by atoms with Crippen LogP contribution in [0.5, 0.6) is 5.75 Å². The average molecular weight is 314 g/mol. The third-order valence-corrected chi connectivity index (χ3v) is 2.75. The molecule has 0 radical (unpaired) electrons. The van der Waals surface area contributed by atoms with Crippen molar-refractivity contribution in [2.24, 2.45) is 0 Å². The zero-order valence-corrected chi connectivity index (χ0v) is 12.7. The first-order valence-electron chi connectivity index (χ1n) is 6.18. The van der Waals surface area contributed by atoms with Gasteiger partial charge in [-0.25, -0.2) is 0 Å². The van der Waals surface area contributed by atoms with E-state index in [-0.39, 0.29) is 12.0 Å². The number of ether oxygens (including phenoxy) is 1. The number of nitrogens with one attached hydrogen (secondary N) is 1. The minimum atomic E-state index is -0.0580. The lowest BCUT2D eigenvalue weighted by Crippen LogP contribution is -2.25. The van der Waals surface area contributed by atoms with Crippen LogP contribution in [0.25, 0.3) is 0 Å². The molecule has 0 saturated heterocycles. The van der Waals surface area contributed by atoms with Gasteiger partial charge in [-0.2, -0.15) is 0 Å². The van der Waals surface area contributed by atoms with Crippen molar-refractivity contribution in [2.45, 2.75) is 38.1 Å². The van der Waals surface area contributed by atoms with E-state index in [9.17, 15) is 4.79 Å². The first-order chi connectivity index (χ1) is 8.49. The molecule has 0 aliphatic heterocycles. The zero-order chi connectivity index (χ0) is 13.5. The van der Waals surface area contributed by atoms with E-state index < -0.39 is 0 Å². The molecule has 0 bridgehead atoms. The largest absolute Gasteiger partial charge is 0.491 e. The molecule has 0 spiro atoms. The Morgan fingerprint density at radius 2 is 2.11 bits per heavy atom. The van der Waals surface area contributed by atoms with Gasteiger partial charge in [0.25, 0.3) is 5.91 Å². The van der Waals surface area contributed by atoms with E-state index in [1.54, 1.807) is 12.1 Å². The van der Waals surface area contributed by atoms with Crippen molar-refractivity contribution in [3.63, 3.8) is 0 Å². The summed E-state index contributed by atoms with van der Waals surface area (Å²) >= 11 is 3.45. The molecule has 0 saturated carbocycles. The first kappa shape index (κ1) is 15.0. The van der Waals surface area contributed by atoms with Crippen LogP contribution in [-0.2, 0) is 0 Å². The second kappa shape index (κ2) is 7.41. The van der Waals surface area contributed by atoms with Crippen LogP contribution >= 0.6 is 15.9 Å². The van der Waals surface area contributed by atoms with Gasteiger partial charge in [-0.15, -0.1) is 0 Å². The van der Waals surface area contributed by atoms with Gasteiger partial charge in [0.1, 0.15) is 5.75 Å². The summed E-state index contributed by atoms with van der Waals surface area (Å²) in [5.74, 6) is 0.670. The lowest BCUT2D eigenvalue weighted by Gasteiger charge is -2.11. The van der Waals surface area contributed by atoms with Crippen LogP contribution in [-0.4, -0.2) is 23.4 Å². The summed E-state index contributed by atoms with van der Waals surface area (Å²) in [6, 6.07) is 7.25. The molecule has 3 nitrogen and oxygen atoms in total. The van der Waals surface area contributed by atoms with Crippen LogP contribution in [0.2, 0.25) is 0 Å². The van der Waals surface area contributed by atoms with Crippen molar-refractivity contribution in [3.05, 3.63) is 29.8 Å². The fraction of sp³-hybridized carbons (Fsp3) is 0.500. The van der Waals surface area contributed by atoms with Crippen molar-refractivity contribution in [1.82, 2.24) is 5.32 Å². The molecule has 1 amide bonds. The predicted molar refractivity (Wildman–Crippen MR) is 77.5 cm³/mol. The predicted octanol–water partition coefficient (Wildman–Crippen LogP) is 3.38. The van der Waals surface area contributed by atoms with Crippen molar-refractivity contribution in [2.75, 3.05) is 6.54 Å². The van der Waals surface area contributed by atoms with Gasteiger partial charge in [-0.3, -0.25) is 4.79 Å². The molecular weight excluding hydrogens is 294 g/mol. The highest BCUT2D eigenvalue weighted by Gasteiger charge is 2.07. The zero-order valence-electron chi connectivity index (χ0n) is 11.1. The standard InChI is InChI=1S/C14H20BrNO2/c1-10(2)18-13-6-4-5-12(9-13)14(17)16-8-7-11(3)15/h4-6,9-11H,7-8H2,1-3H3,(H,16,17). The maximum atomic E-state index is 11.9. The van der Waals surface area contributed by atoms with Crippen LogP contribution in [0, 0.1) is 0 Å². The summed E-state index contributed by atoms with van der Waals surface area (Å²) in [5, 5.41) is 2.89. The van der Waals surface area contributed by atoms with Gasteiger partial charge in [0.05, 0.1) is 6.10 Å². The van der Waals surface area contributed by atoms with Gasteiger partial charge in [0.2, 0.25) is 0 Å². The Morgan fingerprint density at radius 3 is 2.72 bits per heavy atom. The Hall–Kier alpha value is -1.03. The molecule has 0 aliphatic rings. The number of amides is 1. The second-order valence-corrected chi connectivity index (χ2v) is 6.08. The number of rotatable bonds is 6. The van der Waals surface area contributed by atoms with E-state index >= 15 is 0 Å². The fourth-order valence-electron chi connectivity index (χ4n) is 1.47. The van der Waals surface area contributed by atoms with Crippen LogP contribution in [0.15, 0.2) is 24.3 Å². The average Bonchev–Trinajstić information content (AvgIpc) is 2.27. The normalized spacial score (nSPS) is 12.3. The number of benzene rings is 1. The molecule has 1 aromatic rings. The Bertz CT molecular complexity index is 391. The Morgan fingerprint density at radius 1 is 1.39 bits per heavy atom. The molecule has 4 heteroatoms. The SMILES string of the molecule is CC(Br)CCNC(=O)c1cccc(OC(C)C)c1. The van der Waals surface area contributed by atoms with E-state index in [2.05, 4.69) is 28.2 Å². The monoisotopic (exact) mass is 313 g/mol. The quantitative estimate of drug-likeness (QED) is 0.818. The summed E-state index contributed by atoms with van der Waals surface area (Å²) in [4.78, 5) is 12.3. The lowest BCUT2D eigenvalue weighted by molar-refractivity contribution is 0.0952. The van der Waals surface area contributed by atoms with E-state index in [0.29, 0.717) is 16.9 Å². The molecule has 0 fully saturated rings. The second-order valence-electron chi connectivity index (χ2n) is 4.52. The number of halogens is 1. The van der Waals surface area contributed by atoms with Gasteiger partial charge < -0.3 is 10.1 Å². The maximum absolute atomic E-state index is 11.9. The number of alkyl halides is 1. The molecule has 0 aromatic heterocycles. The summed E-state index contributed by atoms with van der Waals surface area (Å²) in [5.41, 5.74) is 0.635. The smallest absolute Gasteiger partial charge is 0.251 e. The van der Waals surface area contributed by atoms with Gasteiger partial charge >= 0.3 is 0 Å². The maximum Gasteiger partial charge on any atom is 0.251 e. The number of hydrogen-bond donors (Lipinski definition) is 1.